The lowest BCUT2D eigenvalue weighted by molar-refractivity contribution is 0.416. The maximum atomic E-state index is 10.2. The number of phenolic OH excluding ortho intramolecular Hbond substituents is 1. The van der Waals surface area contributed by atoms with Gasteiger partial charge in [0, 0.05) is 48.6 Å². The van der Waals surface area contributed by atoms with Gasteiger partial charge in [-0.3, -0.25) is 5.41 Å². The molecular formula is C23H22N4O2. The van der Waals surface area contributed by atoms with Crippen LogP contribution >= 0.6 is 0 Å². The molecule has 0 saturated carbocycles. The number of amidine groups is 1. The number of aromatic amines is 1. The van der Waals surface area contributed by atoms with Crippen LogP contribution in [0.4, 0.5) is 0 Å². The number of H-pyrrole nitrogens is 1. The van der Waals surface area contributed by atoms with Crippen LogP contribution in [0.15, 0.2) is 60.9 Å². The van der Waals surface area contributed by atoms with Gasteiger partial charge in [-0.05, 0) is 29.8 Å². The lowest BCUT2D eigenvalue weighted by atomic mass is 10.00. The Morgan fingerprint density at radius 1 is 1.07 bits per heavy atom. The summed E-state index contributed by atoms with van der Waals surface area (Å²) < 4.78 is 5.52. The van der Waals surface area contributed by atoms with Gasteiger partial charge in [0.15, 0.2) is 0 Å². The first-order valence-electron chi connectivity index (χ1n) is 9.19. The molecule has 29 heavy (non-hydrogen) atoms. The minimum atomic E-state index is 0.0813. The Kier molecular flexibility index (Phi) is 4.68. The number of benzene rings is 2. The third-order valence-corrected chi connectivity index (χ3v) is 4.96. The second-order valence-electron chi connectivity index (χ2n) is 7.00. The average Bonchev–Trinajstić information content (AvgIpc) is 3.16. The molecule has 146 valence electrons. The molecule has 6 nitrogen and oxygen atoms in total. The van der Waals surface area contributed by atoms with Crippen LogP contribution in [-0.2, 0) is 0 Å². The van der Waals surface area contributed by atoms with Gasteiger partial charge < -0.3 is 19.7 Å². The zero-order chi connectivity index (χ0) is 20.5. The summed E-state index contributed by atoms with van der Waals surface area (Å²) in [6, 6.07) is 15.2. The molecule has 0 aliphatic rings. The lowest BCUT2D eigenvalue weighted by Gasteiger charge is -2.16. The van der Waals surface area contributed by atoms with Gasteiger partial charge in [-0.15, -0.1) is 0 Å². The monoisotopic (exact) mass is 386 g/mol. The number of hydrogen-bond donors (Lipinski definition) is 3. The molecule has 0 bridgehead atoms. The van der Waals surface area contributed by atoms with Crippen LogP contribution in [0.1, 0.15) is 5.56 Å². The topological polar surface area (TPSA) is 85.2 Å². The molecule has 0 aliphatic carbocycles. The molecule has 0 unspecified atom stereocenters. The second-order valence-corrected chi connectivity index (χ2v) is 7.00. The van der Waals surface area contributed by atoms with Crippen LogP contribution in [0.5, 0.6) is 11.5 Å². The van der Waals surface area contributed by atoms with Gasteiger partial charge in [0.25, 0.3) is 0 Å². The number of ether oxygens (including phenoxy) is 1. The van der Waals surface area contributed by atoms with Crippen molar-refractivity contribution in [2.75, 3.05) is 21.2 Å². The van der Waals surface area contributed by atoms with Gasteiger partial charge in [0.05, 0.1) is 12.7 Å². The third-order valence-electron chi connectivity index (χ3n) is 4.96. The number of rotatable bonds is 4. The van der Waals surface area contributed by atoms with E-state index in [-0.39, 0.29) is 11.6 Å². The highest BCUT2D eigenvalue weighted by atomic mass is 16.5. The highest BCUT2D eigenvalue weighted by Gasteiger charge is 2.14. The summed E-state index contributed by atoms with van der Waals surface area (Å²) in [7, 11) is 5.22. The average molecular weight is 386 g/mol. The van der Waals surface area contributed by atoms with Gasteiger partial charge in [-0.1, -0.05) is 24.3 Å². The number of hydrogen-bond acceptors (Lipinski definition) is 4. The number of aromatic nitrogens is 2. The first-order chi connectivity index (χ1) is 14.0. The number of nitrogens with zero attached hydrogens (tertiary/aromatic N) is 2. The molecule has 0 atom stereocenters. The summed E-state index contributed by atoms with van der Waals surface area (Å²) >= 11 is 0. The number of nitrogens with one attached hydrogen (secondary N) is 2. The number of methoxy groups -OCH3 is 1. The van der Waals surface area contributed by atoms with E-state index in [0.717, 1.165) is 39.0 Å². The van der Waals surface area contributed by atoms with Crippen LogP contribution in [0, 0.1) is 5.41 Å². The van der Waals surface area contributed by atoms with Crippen molar-refractivity contribution in [3.05, 3.63) is 66.5 Å². The largest absolute Gasteiger partial charge is 0.507 e. The summed E-state index contributed by atoms with van der Waals surface area (Å²) in [5, 5.41) is 19.4. The van der Waals surface area contributed by atoms with E-state index in [1.54, 1.807) is 38.4 Å². The zero-order valence-corrected chi connectivity index (χ0v) is 16.5. The molecule has 6 heteroatoms. The molecule has 0 amide bonds. The molecule has 2 heterocycles. The number of pyridine rings is 1. The van der Waals surface area contributed by atoms with Crippen molar-refractivity contribution >= 4 is 16.9 Å². The van der Waals surface area contributed by atoms with Crippen LogP contribution in [0.2, 0.25) is 0 Å². The molecule has 2 aromatic carbocycles. The summed E-state index contributed by atoms with van der Waals surface area (Å²) in [5.74, 6) is 1.12. The Morgan fingerprint density at radius 2 is 1.86 bits per heavy atom. The molecule has 0 spiro atoms. The van der Waals surface area contributed by atoms with Crippen LogP contribution in [0.25, 0.3) is 33.3 Å². The maximum Gasteiger partial charge on any atom is 0.137 e. The van der Waals surface area contributed by atoms with E-state index in [1.807, 2.05) is 42.6 Å². The van der Waals surface area contributed by atoms with Gasteiger partial charge in [-0.2, -0.15) is 0 Å². The van der Waals surface area contributed by atoms with Crippen molar-refractivity contribution in [2.45, 2.75) is 0 Å². The van der Waals surface area contributed by atoms with E-state index < -0.39 is 0 Å². The zero-order valence-electron chi connectivity index (χ0n) is 16.5. The smallest absolute Gasteiger partial charge is 0.137 e. The molecule has 4 aromatic rings. The van der Waals surface area contributed by atoms with E-state index in [9.17, 15) is 5.11 Å². The van der Waals surface area contributed by atoms with Crippen LogP contribution in [0.3, 0.4) is 0 Å². The third kappa shape index (κ3) is 3.29. The lowest BCUT2D eigenvalue weighted by Crippen LogP contribution is -2.21. The van der Waals surface area contributed by atoms with E-state index in [1.165, 1.54) is 0 Å². The Bertz CT molecular complexity index is 1210. The molecule has 3 N–H and O–H groups in total. The minimum absolute atomic E-state index is 0.0813. The first kappa shape index (κ1) is 18.6. The Balaban J connectivity index is 1.85. The summed E-state index contributed by atoms with van der Waals surface area (Å²) in [6.07, 6.45) is 3.73. The van der Waals surface area contributed by atoms with Gasteiger partial charge in [0.2, 0.25) is 0 Å². The number of phenols is 1. The van der Waals surface area contributed by atoms with E-state index >= 15 is 0 Å². The molecule has 0 saturated heterocycles. The number of para-hydroxylation sites is 1. The molecule has 0 fully saturated rings. The van der Waals surface area contributed by atoms with Crippen molar-refractivity contribution < 1.29 is 9.84 Å². The van der Waals surface area contributed by atoms with Crippen molar-refractivity contribution in [2.24, 2.45) is 0 Å². The second kappa shape index (κ2) is 7.31. The van der Waals surface area contributed by atoms with Gasteiger partial charge >= 0.3 is 0 Å². The van der Waals surface area contributed by atoms with Crippen molar-refractivity contribution in [3.8, 4) is 33.8 Å². The fourth-order valence-electron chi connectivity index (χ4n) is 3.40. The van der Waals surface area contributed by atoms with E-state index in [2.05, 4.69) is 16.0 Å². The predicted octanol–water partition coefficient (Wildman–Crippen LogP) is 4.50. The quantitative estimate of drug-likeness (QED) is 0.356. The van der Waals surface area contributed by atoms with Gasteiger partial charge in [-0.25, -0.2) is 4.98 Å². The molecule has 0 radical (unpaired) electrons. The van der Waals surface area contributed by atoms with E-state index in [4.69, 9.17) is 10.1 Å². The number of fused-ring (bicyclic) bond motifs is 1. The molecule has 0 aliphatic heterocycles. The van der Waals surface area contributed by atoms with Gasteiger partial charge in [0.1, 0.15) is 23.0 Å². The first-order valence-corrected chi connectivity index (χ1v) is 9.19. The minimum Gasteiger partial charge on any atom is -0.507 e. The Hall–Kier alpha value is -3.80. The molecular weight excluding hydrogens is 364 g/mol. The van der Waals surface area contributed by atoms with E-state index in [0.29, 0.717) is 5.56 Å². The Morgan fingerprint density at radius 3 is 2.62 bits per heavy atom. The summed E-state index contributed by atoms with van der Waals surface area (Å²) in [6.45, 7) is 0. The van der Waals surface area contributed by atoms with Crippen LogP contribution < -0.4 is 4.74 Å². The fraction of sp³-hybridized carbons (Fsp3) is 0.130. The number of aromatic hydroxyl groups is 1. The highest BCUT2D eigenvalue weighted by molar-refractivity contribution is 6.00. The van der Waals surface area contributed by atoms with Crippen molar-refractivity contribution in [1.29, 1.82) is 5.41 Å². The Labute approximate surface area is 168 Å². The highest BCUT2D eigenvalue weighted by Crippen LogP contribution is 2.36. The van der Waals surface area contributed by atoms with Crippen LogP contribution in [-0.4, -0.2) is 47.0 Å². The SMILES string of the molecule is COc1ccccc1-c1c[nH]c2ncc(-c3ccc(O)c(C(=N)N(C)C)c3)cc12. The predicted molar refractivity (Wildman–Crippen MR) is 116 cm³/mol. The normalized spacial score (nSPS) is 10.9. The fourth-order valence-corrected chi connectivity index (χ4v) is 3.40. The van der Waals surface area contributed by atoms with Crippen molar-refractivity contribution in [1.82, 2.24) is 14.9 Å². The maximum absolute atomic E-state index is 10.2. The molecule has 4 rings (SSSR count). The standard InChI is InChI=1S/C23H22N4O2/c1-27(2)22(24)18-10-14(8-9-20(18)28)15-11-17-19(13-26-23(17)25-12-15)16-6-4-5-7-21(16)29-3/h4-13,24,28H,1-3H3,(H,25,26). The molecule has 2 aromatic heterocycles. The summed E-state index contributed by atoms with van der Waals surface area (Å²) in [5.41, 5.74) is 5.04. The summed E-state index contributed by atoms with van der Waals surface area (Å²) in [4.78, 5) is 9.45. The van der Waals surface area contributed by atoms with Crippen molar-refractivity contribution in [3.63, 3.8) is 0 Å².